The maximum Gasteiger partial charge on any atom is 0.415 e. The van der Waals surface area contributed by atoms with E-state index in [-0.39, 0.29) is 6.04 Å². The van der Waals surface area contributed by atoms with Crippen LogP contribution in [0.25, 0.3) is 10.9 Å². The first-order valence-electron chi connectivity index (χ1n) is 11.7. The van der Waals surface area contributed by atoms with Crippen LogP contribution in [0.4, 0.5) is 4.79 Å². The number of H-pyrrole nitrogens is 2. The molecule has 0 saturated heterocycles. The summed E-state index contributed by atoms with van der Waals surface area (Å²) in [6.07, 6.45) is 8.67. The number of fused-ring (bicyclic) bond motifs is 3. The second kappa shape index (κ2) is 11.6. The van der Waals surface area contributed by atoms with Crippen molar-refractivity contribution < 1.29 is 14.3 Å². The van der Waals surface area contributed by atoms with Gasteiger partial charge in [0, 0.05) is 40.6 Å². The molecule has 0 spiro atoms. The van der Waals surface area contributed by atoms with Gasteiger partial charge in [0.05, 0.1) is 19.2 Å². The van der Waals surface area contributed by atoms with E-state index in [2.05, 4.69) is 28.5 Å². The number of imidazole rings is 1. The van der Waals surface area contributed by atoms with Crippen LogP contribution in [0.3, 0.4) is 0 Å². The van der Waals surface area contributed by atoms with Crippen molar-refractivity contribution in [1.29, 1.82) is 0 Å². The van der Waals surface area contributed by atoms with Gasteiger partial charge < -0.3 is 19.4 Å². The van der Waals surface area contributed by atoms with Crippen LogP contribution in [0.15, 0.2) is 74.0 Å². The van der Waals surface area contributed by atoms with E-state index < -0.39 is 6.09 Å². The summed E-state index contributed by atoms with van der Waals surface area (Å²) in [4.78, 5) is 24.3. The number of nitrogens with zero attached hydrogens (tertiary/aromatic N) is 2. The smallest absolute Gasteiger partial charge is 0.415 e. The minimum atomic E-state index is -0.416. The van der Waals surface area contributed by atoms with Crippen LogP contribution in [0.5, 0.6) is 5.75 Å². The molecular formula is C27H29ClN4O3. The normalized spacial score (nSPS) is 14.6. The molecule has 0 fully saturated rings. The van der Waals surface area contributed by atoms with Crippen LogP contribution in [-0.2, 0) is 11.2 Å². The summed E-state index contributed by atoms with van der Waals surface area (Å²) in [5.41, 5.74) is 4.16. The second-order valence-corrected chi connectivity index (χ2v) is 8.57. The predicted molar refractivity (Wildman–Crippen MR) is 138 cm³/mol. The maximum atomic E-state index is 12.7. The molecule has 1 atom stereocenters. The molecule has 0 saturated carbocycles. The molecule has 2 aromatic heterocycles. The molecule has 35 heavy (non-hydrogen) atoms. The minimum Gasteiger partial charge on any atom is -0.494 e. The van der Waals surface area contributed by atoms with E-state index in [9.17, 15) is 4.79 Å². The third-order valence-corrected chi connectivity index (χ3v) is 6.11. The Morgan fingerprint density at radius 3 is 2.77 bits per heavy atom. The molecule has 3 heterocycles. The number of rotatable bonds is 6. The monoisotopic (exact) mass is 492 g/mol. The SMILES string of the molecule is C=COC(=O)N1CCc2c([nH]c3ccc(Cl)cc23)C1c1ccc(OCCCC)cc1.c1c[nH]cn1. The van der Waals surface area contributed by atoms with Crippen molar-refractivity contribution in [1.82, 2.24) is 19.9 Å². The van der Waals surface area contributed by atoms with Crippen molar-refractivity contribution in [3.05, 3.63) is 95.9 Å². The number of benzene rings is 2. The lowest BCUT2D eigenvalue weighted by Crippen LogP contribution is -2.40. The van der Waals surface area contributed by atoms with Gasteiger partial charge in [0.25, 0.3) is 0 Å². The number of hydrogen-bond donors (Lipinski definition) is 2. The van der Waals surface area contributed by atoms with E-state index in [1.807, 2.05) is 42.5 Å². The molecule has 182 valence electrons. The Morgan fingerprint density at radius 2 is 2.11 bits per heavy atom. The molecular weight excluding hydrogens is 464 g/mol. The zero-order valence-electron chi connectivity index (χ0n) is 19.7. The van der Waals surface area contributed by atoms with Crippen LogP contribution >= 0.6 is 11.6 Å². The number of hydrogen-bond acceptors (Lipinski definition) is 4. The van der Waals surface area contributed by atoms with Gasteiger partial charge in [0.2, 0.25) is 0 Å². The number of aromatic nitrogens is 3. The van der Waals surface area contributed by atoms with Crippen molar-refractivity contribution in [3.8, 4) is 5.75 Å². The number of unbranched alkanes of at least 4 members (excludes halogenated alkanes) is 1. The summed E-state index contributed by atoms with van der Waals surface area (Å²) in [5.74, 6) is 0.826. The number of amides is 1. The minimum absolute atomic E-state index is 0.294. The van der Waals surface area contributed by atoms with Crippen LogP contribution in [0.2, 0.25) is 5.02 Å². The molecule has 0 aliphatic carbocycles. The Kier molecular flexibility index (Phi) is 8.11. The van der Waals surface area contributed by atoms with Crippen LogP contribution < -0.4 is 4.74 Å². The van der Waals surface area contributed by atoms with E-state index in [0.717, 1.165) is 47.2 Å². The zero-order valence-corrected chi connectivity index (χ0v) is 20.4. The fraction of sp³-hybridized carbons (Fsp3) is 0.259. The summed E-state index contributed by atoms with van der Waals surface area (Å²) >= 11 is 6.24. The van der Waals surface area contributed by atoms with Crippen molar-refractivity contribution in [2.24, 2.45) is 0 Å². The molecule has 0 bridgehead atoms. The summed E-state index contributed by atoms with van der Waals surface area (Å²) in [5, 5.41) is 1.79. The average Bonchev–Trinajstić information content (AvgIpc) is 3.56. The van der Waals surface area contributed by atoms with Crippen LogP contribution in [0, 0.1) is 0 Å². The summed E-state index contributed by atoms with van der Waals surface area (Å²) in [6, 6.07) is 13.5. The second-order valence-electron chi connectivity index (χ2n) is 8.14. The van der Waals surface area contributed by atoms with Crippen molar-refractivity contribution in [3.63, 3.8) is 0 Å². The van der Waals surface area contributed by atoms with Gasteiger partial charge >= 0.3 is 6.09 Å². The standard InChI is InChI=1S/C24H25ClN2O3.C3H4N2/c1-3-5-14-30-18-9-6-16(7-10-18)23-22-19(12-13-27(23)24(28)29-4-2)20-15-17(25)8-11-21(20)26-22;1-2-5-3-4-1/h4,6-11,15,23,26H,2-3,5,12-14H2,1H3;1-3H,(H,4,5). The number of nitrogens with one attached hydrogen (secondary N) is 2. The highest BCUT2D eigenvalue weighted by Gasteiger charge is 2.35. The molecule has 2 N–H and O–H groups in total. The van der Waals surface area contributed by atoms with Gasteiger partial charge in [-0.3, -0.25) is 4.90 Å². The summed E-state index contributed by atoms with van der Waals surface area (Å²) in [7, 11) is 0. The van der Waals surface area contributed by atoms with E-state index >= 15 is 0 Å². The Labute approximate surface area is 209 Å². The summed E-state index contributed by atoms with van der Waals surface area (Å²) < 4.78 is 10.9. The lowest BCUT2D eigenvalue weighted by molar-refractivity contribution is 0.121. The topological polar surface area (TPSA) is 83.2 Å². The quantitative estimate of drug-likeness (QED) is 0.233. The third kappa shape index (κ3) is 5.69. The predicted octanol–water partition coefficient (Wildman–Crippen LogP) is 6.64. The van der Waals surface area contributed by atoms with E-state index in [1.165, 1.54) is 11.8 Å². The van der Waals surface area contributed by atoms with Gasteiger partial charge in [0.15, 0.2) is 0 Å². The van der Waals surface area contributed by atoms with Gasteiger partial charge in [-0.05, 0) is 54.3 Å². The molecule has 7 nitrogen and oxygen atoms in total. The summed E-state index contributed by atoms with van der Waals surface area (Å²) in [6.45, 7) is 6.90. The van der Waals surface area contributed by atoms with E-state index in [1.54, 1.807) is 23.6 Å². The Bertz CT molecular complexity index is 1230. The van der Waals surface area contributed by atoms with Crippen LogP contribution in [0.1, 0.15) is 42.6 Å². The van der Waals surface area contributed by atoms with Gasteiger partial charge in [0.1, 0.15) is 11.8 Å². The first kappa shape index (κ1) is 24.4. The van der Waals surface area contributed by atoms with Crippen molar-refractivity contribution >= 4 is 28.6 Å². The zero-order chi connectivity index (χ0) is 24.6. The van der Waals surface area contributed by atoms with Crippen LogP contribution in [-0.4, -0.2) is 39.1 Å². The molecule has 8 heteroatoms. The highest BCUT2D eigenvalue weighted by molar-refractivity contribution is 6.31. The largest absolute Gasteiger partial charge is 0.494 e. The average molecular weight is 493 g/mol. The van der Waals surface area contributed by atoms with E-state index in [4.69, 9.17) is 21.1 Å². The lowest BCUT2D eigenvalue weighted by Gasteiger charge is -2.35. The number of carbonyl (C=O) groups is 1. The number of aromatic amines is 2. The molecule has 5 rings (SSSR count). The van der Waals surface area contributed by atoms with Crippen molar-refractivity contribution in [2.75, 3.05) is 13.2 Å². The highest BCUT2D eigenvalue weighted by Crippen LogP contribution is 2.39. The first-order chi connectivity index (χ1) is 17.1. The van der Waals surface area contributed by atoms with Gasteiger partial charge in [-0.1, -0.05) is 43.7 Å². The fourth-order valence-electron chi connectivity index (χ4n) is 4.24. The first-order valence-corrected chi connectivity index (χ1v) is 12.0. The Morgan fingerprint density at radius 1 is 1.29 bits per heavy atom. The molecule has 1 unspecified atom stereocenters. The Balaban J connectivity index is 0.000000514. The molecule has 1 amide bonds. The fourth-order valence-corrected chi connectivity index (χ4v) is 4.41. The molecule has 2 aromatic carbocycles. The number of carbonyl (C=O) groups excluding carboxylic acids is 1. The molecule has 0 radical (unpaired) electrons. The third-order valence-electron chi connectivity index (χ3n) is 5.88. The van der Waals surface area contributed by atoms with E-state index in [0.29, 0.717) is 18.2 Å². The Hall–Kier alpha value is -3.71. The highest BCUT2D eigenvalue weighted by atomic mass is 35.5. The molecule has 1 aliphatic heterocycles. The number of ether oxygens (including phenoxy) is 2. The molecule has 4 aromatic rings. The number of halogens is 1. The molecule has 1 aliphatic rings. The maximum absolute atomic E-state index is 12.7. The van der Waals surface area contributed by atoms with Crippen molar-refractivity contribution in [2.45, 2.75) is 32.2 Å². The van der Waals surface area contributed by atoms with Gasteiger partial charge in [-0.25, -0.2) is 9.78 Å². The lowest BCUT2D eigenvalue weighted by atomic mass is 9.92. The van der Waals surface area contributed by atoms with Gasteiger partial charge in [-0.2, -0.15) is 0 Å². The van der Waals surface area contributed by atoms with Gasteiger partial charge in [-0.15, -0.1) is 0 Å².